The van der Waals surface area contributed by atoms with Crippen LogP contribution in [-0.2, 0) is 9.68 Å². The molecule has 142 valence electrons. The van der Waals surface area contributed by atoms with Crippen LogP contribution in [0.25, 0.3) is 0 Å². The van der Waals surface area contributed by atoms with E-state index in [2.05, 4.69) is 11.8 Å². The van der Waals surface area contributed by atoms with Crippen molar-refractivity contribution in [3.8, 4) is 0 Å². The van der Waals surface area contributed by atoms with Gasteiger partial charge in [-0.2, -0.15) is 0 Å². The van der Waals surface area contributed by atoms with Gasteiger partial charge in [-0.3, -0.25) is 9.68 Å². The molecule has 0 radical (unpaired) electrons. The Morgan fingerprint density at radius 3 is 1.78 bits per heavy atom. The number of unbranched alkanes of at least 4 members (excludes halogenated alkanes) is 1. The van der Waals surface area contributed by atoms with E-state index in [-0.39, 0.29) is 33.0 Å². The van der Waals surface area contributed by atoms with Crippen LogP contribution in [0.2, 0.25) is 0 Å². The van der Waals surface area contributed by atoms with Crippen LogP contribution in [0.3, 0.4) is 0 Å². The fourth-order valence-electron chi connectivity index (χ4n) is 1.58. The molecule has 1 unspecified atom stereocenters. The van der Waals surface area contributed by atoms with E-state index >= 15 is 0 Å². The zero-order valence-electron chi connectivity index (χ0n) is 14.9. The molecule has 0 saturated carbocycles. The monoisotopic (exact) mass is 340 g/mol. The molecule has 0 aliphatic rings. The topological polar surface area (TPSA) is 106 Å². The van der Waals surface area contributed by atoms with Gasteiger partial charge in [-0.15, -0.1) is 0 Å². The van der Waals surface area contributed by atoms with Crippen molar-refractivity contribution in [1.29, 1.82) is 0 Å². The van der Waals surface area contributed by atoms with Gasteiger partial charge >= 0.3 is 0 Å². The van der Waals surface area contributed by atoms with Gasteiger partial charge in [0.1, 0.15) is 0 Å². The number of aliphatic hydroxyl groups is 4. The molecule has 0 aromatic rings. The molecule has 0 aliphatic carbocycles. The summed E-state index contributed by atoms with van der Waals surface area (Å²) in [6.45, 7) is 9.43. The van der Waals surface area contributed by atoms with Crippen LogP contribution < -0.4 is 0 Å². The number of hydrogen-bond acceptors (Lipinski definition) is 8. The highest BCUT2D eigenvalue weighted by molar-refractivity contribution is 4.59. The Morgan fingerprint density at radius 2 is 1.43 bits per heavy atom. The van der Waals surface area contributed by atoms with Crippen molar-refractivity contribution in [2.75, 3.05) is 59.2 Å². The second-order valence-corrected chi connectivity index (χ2v) is 4.85. The first-order chi connectivity index (χ1) is 11.1. The molecule has 0 aromatic carbocycles. The Labute approximate surface area is 140 Å². The maximum Gasteiger partial charge on any atom is 0.0942 e. The van der Waals surface area contributed by atoms with E-state index < -0.39 is 6.10 Å². The minimum atomic E-state index is -0.583. The summed E-state index contributed by atoms with van der Waals surface area (Å²) in [6.07, 6.45) is 1.41. The Bertz CT molecular complexity index is 201. The van der Waals surface area contributed by atoms with E-state index in [1.807, 2.05) is 13.8 Å². The Hall–Kier alpha value is -0.320. The highest BCUT2D eigenvalue weighted by Gasteiger charge is 2.06. The molecule has 4 N–H and O–H groups in total. The largest absolute Gasteiger partial charge is 0.394 e. The molecule has 0 bridgehead atoms. The predicted molar refractivity (Wildman–Crippen MR) is 88.6 cm³/mol. The third kappa shape index (κ3) is 17.9. The van der Waals surface area contributed by atoms with Crippen molar-refractivity contribution < 1.29 is 30.1 Å². The normalized spacial score (nSPS) is 12.4. The van der Waals surface area contributed by atoms with Crippen molar-refractivity contribution in [3.63, 3.8) is 0 Å². The number of rotatable bonds is 14. The lowest BCUT2D eigenvalue weighted by molar-refractivity contribution is -0.371. The third-order valence-corrected chi connectivity index (χ3v) is 2.92. The third-order valence-electron chi connectivity index (χ3n) is 2.92. The van der Waals surface area contributed by atoms with Gasteiger partial charge in [0, 0.05) is 6.54 Å². The summed E-state index contributed by atoms with van der Waals surface area (Å²) in [5, 5.41) is 35.8. The second-order valence-electron chi connectivity index (χ2n) is 4.85. The lowest BCUT2D eigenvalue weighted by Crippen LogP contribution is -2.33. The molecule has 0 aromatic heterocycles. The molecular formula is C15H36N2O6. The van der Waals surface area contributed by atoms with E-state index in [0.717, 1.165) is 25.9 Å². The van der Waals surface area contributed by atoms with Gasteiger partial charge in [-0.25, -0.2) is 0 Å². The summed E-state index contributed by atoms with van der Waals surface area (Å²) in [6, 6.07) is 0. The average molecular weight is 340 g/mol. The Kier molecular flexibility index (Phi) is 21.4. The zero-order valence-corrected chi connectivity index (χ0v) is 14.9. The van der Waals surface area contributed by atoms with Gasteiger partial charge < -0.3 is 25.3 Å². The fourth-order valence-corrected chi connectivity index (χ4v) is 1.58. The van der Waals surface area contributed by atoms with E-state index in [1.165, 1.54) is 5.23 Å². The summed E-state index contributed by atoms with van der Waals surface area (Å²) in [5.74, 6) is 0. The number of hydrogen-bond donors (Lipinski definition) is 4. The molecule has 0 saturated heterocycles. The van der Waals surface area contributed by atoms with Crippen molar-refractivity contribution in [3.05, 3.63) is 0 Å². The zero-order chi connectivity index (χ0) is 17.9. The molecule has 0 rings (SSSR count). The SMILES string of the molecule is CCCCN(OCCO)OCCO.CCN(CC)CC(O)CO. The van der Waals surface area contributed by atoms with E-state index in [0.29, 0.717) is 13.1 Å². The van der Waals surface area contributed by atoms with Gasteiger partial charge in [0.15, 0.2) is 0 Å². The highest BCUT2D eigenvalue weighted by Crippen LogP contribution is 1.97. The van der Waals surface area contributed by atoms with E-state index in [1.54, 1.807) is 0 Å². The predicted octanol–water partition coefficient (Wildman–Crippen LogP) is -0.382. The highest BCUT2D eigenvalue weighted by atomic mass is 16.9. The van der Waals surface area contributed by atoms with Gasteiger partial charge in [0.2, 0.25) is 0 Å². The molecule has 23 heavy (non-hydrogen) atoms. The summed E-state index contributed by atoms with van der Waals surface area (Å²) in [5.41, 5.74) is 0. The van der Waals surface area contributed by atoms with Crippen molar-refractivity contribution in [2.24, 2.45) is 0 Å². The summed E-state index contributed by atoms with van der Waals surface area (Å²) < 4.78 is 0. The van der Waals surface area contributed by atoms with Gasteiger partial charge in [0.25, 0.3) is 0 Å². The first kappa shape index (κ1) is 24.9. The lowest BCUT2D eigenvalue weighted by atomic mass is 10.3. The summed E-state index contributed by atoms with van der Waals surface area (Å²) >= 11 is 0. The number of nitrogens with zero attached hydrogens (tertiary/aromatic N) is 2. The molecule has 0 fully saturated rings. The van der Waals surface area contributed by atoms with Crippen molar-refractivity contribution in [2.45, 2.75) is 39.7 Å². The Balaban J connectivity index is 0. The van der Waals surface area contributed by atoms with E-state index in [4.69, 9.17) is 30.1 Å². The van der Waals surface area contributed by atoms with Crippen LogP contribution in [0.4, 0.5) is 0 Å². The van der Waals surface area contributed by atoms with E-state index in [9.17, 15) is 0 Å². The number of likely N-dealkylation sites (N-methyl/N-ethyl adjacent to an activating group) is 1. The van der Waals surface area contributed by atoms with Crippen LogP contribution in [0.15, 0.2) is 0 Å². The lowest BCUT2D eigenvalue weighted by Gasteiger charge is -2.20. The van der Waals surface area contributed by atoms with Crippen LogP contribution in [0, 0.1) is 0 Å². The molecule has 8 nitrogen and oxygen atoms in total. The number of aliphatic hydroxyl groups excluding tert-OH is 4. The second kappa shape index (κ2) is 19.7. The fraction of sp³-hybridized carbons (Fsp3) is 1.00. The van der Waals surface area contributed by atoms with Gasteiger partial charge in [-0.1, -0.05) is 32.4 Å². The minimum Gasteiger partial charge on any atom is -0.394 e. The van der Waals surface area contributed by atoms with Crippen LogP contribution in [0.1, 0.15) is 33.6 Å². The first-order valence-electron chi connectivity index (χ1n) is 8.35. The standard InChI is InChI=1S/C8H19NO4.C7H17NO2/c1-2-3-4-9(12-7-5-10)13-8-6-11;1-3-8(4-2)5-7(10)6-9/h10-11H,2-8H2,1H3;7,9-10H,3-6H2,1-2H3. The average Bonchev–Trinajstić information content (AvgIpc) is 2.59. The maximum absolute atomic E-state index is 9.00. The van der Waals surface area contributed by atoms with Crippen LogP contribution >= 0.6 is 0 Å². The molecule has 1 atom stereocenters. The smallest absolute Gasteiger partial charge is 0.0942 e. The molecule has 0 spiro atoms. The molecule has 0 amide bonds. The quantitative estimate of drug-likeness (QED) is 0.317. The van der Waals surface area contributed by atoms with Crippen molar-refractivity contribution in [1.82, 2.24) is 10.1 Å². The van der Waals surface area contributed by atoms with Crippen LogP contribution in [-0.4, -0.2) is 95.9 Å². The van der Waals surface area contributed by atoms with Gasteiger partial charge in [-0.05, 0) is 19.5 Å². The molecular weight excluding hydrogens is 304 g/mol. The maximum atomic E-state index is 9.00. The first-order valence-corrected chi connectivity index (χ1v) is 8.35. The molecule has 0 heterocycles. The molecule has 8 heteroatoms. The summed E-state index contributed by atoms with van der Waals surface area (Å²) in [7, 11) is 0. The summed E-state index contributed by atoms with van der Waals surface area (Å²) in [4.78, 5) is 12.2. The Morgan fingerprint density at radius 1 is 0.913 bits per heavy atom. The van der Waals surface area contributed by atoms with Gasteiger partial charge in [0.05, 0.1) is 45.7 Å². The minimum absolute atomic E-state index is 0.0366. The number of hydroxylamine groups is 2. The van der Waals surface area contributed by atoms with Crippen LogP contribution in [0.5, 0.6) is 0 Å². The molecule has 0 aliphatic heterocycles. The van der Waals surface area contributed by atoms with Crippen molar-refractivity contribution >= 4 is 0 Å².